The van der Waals surface area contributed by atoms with Crippen molar-refractivity contribution in [3.05, 3.63) is 58.6 Å². The Kier molecular flexibility index (Phi) is 4.04. The normalized spacial score (nSPS) is 12.5. The topological polar surface area (TPSA) is 89.9 Å². The molecule has 0 saturated heterocycles. The van der Waals surface area contributed by atoms with Gasteiger partial charge in [0.1, 0.15) is 0 Å². The number of nitrogens with one attached hydrogen (secondary N) is 1. The Morgan fingerprint density at radius 3 is 2.65 bits per heavy atom. The van der Waals surface area contributed by atoms with Gasteiger partial charge >= 0.3 is 5.69 Å². The number of hydrogen-bond acceptors (Lipinski definition) is 5. The Bertz CT molecular complexity index is 1190. The molecule has 0 bridgehead atoms. The third kappa shape index (κ3) is 2.78. The van der Waals surface area contributed by atoms with Crippen molar-refractivity contribution in [2.75, 3.05) is 13.4 Å². The molecule has 4 rings (SSSR count). The second-order valence-electron chi connectivity index (χ2n) is 5.86. The summed E-state index contributed by atoms with van der Waals surface area (Å²) in [6, 6.07) is 11.0. The molecule has 0 aliphatic carbocycles. The number of benzene rings is 1. The molecule has 0 spiro atoms. The van der Waals surface area contributed by atoms with Gasteiger partial charge in [-0.3, -0.25) is 8.78 Å². The van der Waals surface area contributed by atoms with Gasteiger partial charge in [-0.2, -0.15) is 4.98 Å². The van der Waals surface area contributed by atoms with Gasteiger partial charge in [0, 0.05) is 33.4 Å². The minimum Gasteiger partial charge on any atom is -0.481 e. The Morgan fingerprint density at radius 2 is 1.96 bits per heavy atom. The number of ether oxygens (including phenoxy) is 1. The lowest BCUT2D eigenvalue weighted by Gasteiger charge is -2.07. The zero-order chi connectivity index (χ0) is 18.3. The first-order valence-electron chi connectivity index (χ1n) is 7.91. The molecule has 0 fully saturated rings. The fraction of sp³-hybridized carbons (Fsp3) is 0.167. The maximum atomic E-state index is 12.5. The van der Waals surface area contributed by atoms with E-state index in [4.69, 9.17) is 4.74 Å². The molecule has 1 atom stereocenters. The van der Waals surface area contributed by atoms with Crippen LogP contribution >= 0.6 is 0 Å². The zero-order valence-corrected chi connectivity index (χ0v) is 15.0. The van der Waals surface area contributed by atoms with Crippen LogP contribution in [0, 0.1) is 0 Å². The second kappa shape index (κ2) is 6.38. The highest BCUT2D eigenvalue weighted by Gasteiger charge is 2.13. The molecule has 132 valence electrons. The molecule has 1 unspecified atom stereocenters. The highest BCUT2D eigenvalue weighted by atomic mass is 32.2. The first kappa shape index (κ1) is 16.5. The van der Waals surface area contributed by atoms with Gasteiger partial charge in [0.25, 0.3) is 0 Å². The standard InChI is InChI=1S/C18H16N4O3S/c1-25-15-8-7-13-16-14(9-19-17(13)21-15)20-18(23)22(16)10-11-3-5-12(6-4-11)26(2)24/h3-9H,10H2,1-2H3,(H,20,23). The van der Waals surface area contributed by atoms with Crippen LogP contribution in [0.25, 0.3) is 22.1 Å². The number of nitrogens with zero attached hydrogens (tertiary/aromatic N) is 3. The number of H-pyrrole nitrogens is 1. The lowest BCUT2D eigenvalue weighted by molar-refractivity contribution is 0.399. The van der Waals surface area contributed by atoms with Crippen molar-refractivity contribution in [1.29, 1.82) is 0 Å². The van der Waals surface area contributed by atoms with Crippen molar-refractivity contribution in [2.45, 2.75) is 11.4 Å². The molecule has 0 amide bonds. The molecule has 0 aliphatic heterocycles. The van der Waals surface area contributed by atoms with Crippen LogP contribution in [-0.2, 0) is 17.3 Å². The van der Waals surface area contributed by atoms with Crippen LogP contribution in [0.3, 0.4) is 0 Å². The zero-order valence-electron chi connectivity index (χ0n) is 14.2. The largest absolute Gasteiger partial charge is 0.481 e. The number of rotatable bonds is 4. The number of pyridine rings is 2. The van der Waals surface area contributed by atoms with E-state index in [1.165, 1.54) is 0 Å². The predicted molar refractivity (Wildman–Crippen MR) is 100 cm³/mol. The van der Waals surface area contributed by atoms with E-state index in [1.807, 2.05) is 30.3 Å². The summed E-state index contributed by atoms with van der Waals surface area (Å²) in [5.74, 6) is 0.469. The van der Waals surface area contributed by atoms with Gasteiger partial charge in [0.05, 0.1) is 30.9 Å². The molecule has 3 heterocycles. The molecular formula is C18H16N4O3S. The monoisotopic (exact) mass is 368 g/mol. The average molecular weight is 368 g/mol. The first-order valence-corrected chi connectivity index (χ1v) is 9.47. The molecule has 8 heteroatoms. The van der Waals surface area contributed by atoms with Gasteiger partial charge in [-0.1, -0.05) is 12.1 Å². The highest BCUT2D eigenvalue weighted by Crippen LogP contribution is 2.23. The first-order chi connectivity index (χ1) is 12.6. The summed E-state index contributed by atoms with van der Waals surface area (Å²) in [7, 11) is 0.520. The van der Waals surface area contributed by atoms with E-state index in [-0.39, 0.29) is 5.69 Å². The minimum absolute atomic E-state index is 0.215. The van der Waals surface area contributed by atoms with E-state index >= 15 is 0 Å². The molecule has 0 aliphatic rings. The lowest BCUT2D eigenvalue weighted by atomic mass is 10.2. The van der Waals surface area contributed by atoms with E-state index in [2.05, 4.69) is 15.0 Å². The van der Waals surface area contributed by atoms with Gasteiger partial charge in [-0.05, 0) is 23.8 Å². The minimum atomic E-state index is -1.03. The van der Waals surface area contributed by atoms with Crippen LogP contribution in [0.5, 0.6) is 5.88 Å². The van der Waals surface area contributed by atoms with Crippen molar-refractivity contribution in [3.8, 4) is 5.88 Å². The van der Waals surface area contributed by atoms with Gasteiger partial charge in [0.15, 0.2) is 5.65 Å². The molecule has 0 saturated carbocycles. The van der Waals surface area contributed by atoms with Gasteiger partial charge in [-0.15, -0.1) is 0 Å². The van der Waals surface area contributed by atoms with Crippen LogP contribution < -0.4 is 10.4 Å². The average Bonchev–Trinajstić information content (AvgIpc) is 2.97. The second-order valence-corrected chi connectivity index (χ2v) is 7.24. The predicted octanol–water partition coefficient (Wildman–Crippen LogP) is 2.07. The summed E-state index contributed by atoms with van der Waals surface area (Å²) in [5.41, 5.74) is 2.64. The van der Waals surface area contributed by atoms with Crippen molar-refractivity contribution >= 4 is 32.9 Å². The van der Waals surface area contributed by atoms with Crippen LogP contribution in [-0.4, -0.2) is 37.1 Å². The fourth-order valence-corrected chi connectivity index (χ4v) is 3.47. The molecule has 4 aromatic rings. The summed E-state index contributed by atoms with van der Waals surface area (Å²) in [6.07, 6.45) is 3.24. The summed E-state index contributed by atoms with van der Waals surface area (Å²) in [6.45, 7) is 0.389. The molecule has 7 nitrogen and oxygen atoms in total. The highest BCUT2D eigenvalue weighted by molar-refractivity contribution is 7.84. The smallest absolute Gasteiger partial charge is 0.326 e. The Morgan fingerprint density at radius 1 is 1.19 bits per heavy atom. The molecule has 0 radical (unpaired) electrons. The van der Waals surface area contributed by atoms with Crippen LogP contribution in [0.15, 0.2) is 52.3 Å². The van der Waals surface area contributed by atoms with Crippen LogP contribution in [0.2, 0.25) is 0 Å². The molecule has 1 N–H and O–H groups in total. The Hall–Kier alpha value is -3.00. The van der Waals surface area contributed by atoms with Crippen molar-refractivity contribution in [2.24, 2.45) is 0 Å². The quantitative estimate of drug-likeness (QED) is 0.596. The van der Waals surface area contributed by atoms with Crippen LogP contribution in [0.1, 0.15) is 5.56 Å². The summed E-state index contributed by atoms with van der Waals surface area (Å²) < 4.78 is 18.3. The maximum Gasteiger partial charge on any atom is 0.326 e. The van der Waals surface area contributed by atoms with Gasteiger partial charge in [-0.25, -0.2) is 9.78 Å². The third-order valence-corrected chi connectivity index (χ3v) is 5.17. The van der Waals surface area contributed by atoms with E-state index in [0.29, 0.717) is 23.6 Å². The SMILES string of the molecule is COc1ccc2c(ncc3[nH]c(=O)n(Cc4ccc(S(C)=O)cc4)c32)n1. The molecular weight excluding hydrogens is 352 g/mol. The molecule has 26 heavy (non-hydrogen) atoms. The van der Waals surface area contributed by atoms with Gasteiger partial charge < -0.3 is 9.72 Å². The van der Waals surface area contributed by atoms with Crippen LogP contribution in [0.4, 0.5) is 0 Å². The van der Waals surface area contributed by atoms with Crippen molar-refractivity contribution in [3.63, 3.8) is 0 Å². The lowest BCUT2D eigenvalue weighted by Crippen LogP contribution is -2.17. The summed E-state index contributed by atoms with van der Waals surface area (Å²) >= 11 is 0. The molecule has 1 aromatic carbocycles. The number of aromatic amines is 1. The maximum absolute atomic E-state index is 12.5. The number of methoxy groups -OCH3 is 1. The number of fused-ring (bicyclic) bond motifs is 3. The van der Waals surface area contributed by atoms with E-state index < -0.39 is 10.8 Å². The van der Waals surface area contributed by atoms with E-state index in [9.17, 15) is 9.00 Å². The Labute approximate surface area is 151 Å². The van der Waals surface area contributed by atoms with Crippen molar-refractivity contribution < 1.29 is 8.95 Å². The Balaban J connectivity index is 1.86. The van der Waals surface area contributed by atoms with Gasteiger partial charge in [0.2, 0.25) is 5.88 Å². The van der Waals surface area contributed by atoms with E-state index in [1.54, 1.807) is 30.2 Å². The summed E-state index contributed by atoms with van der Waals surface area (Å²) in [4.78, 5) is 24.7. The van der Waals surface area contributed by atoms with Crippen molar-refractivity contribution in [1.82, 2.24) is 19.5 Å². The molecule has 3 aromatic heterocycles. The number of aromatic nitrogens is 4. The third-order valence-electron chi connectivity index (χ3n) is 4.24. The number of imidazole rings is 1. The fourth-order valence-electron chi connectivity index (χ4n) is 2.95. The van der Waals surface area contributed by atoms with E-state index in [0.717, 1.165) is 21.4 Å². The number of hydrogen-bond donors (Lipinski definition) is 1. The summed E-state index contributed by atoms with van der Waals surface area (Å²) in [5, 5.41) is 0.771.